The third-order valence-corrected chi connectivity index (χ3v) is 4.15. The highest BCUT2D eigenvalue weighted by atomic mass is 79.9. The molecular formula is C13H10Br2N2. The molecule has 0 saturated heterocycles. The van der Waals surface area contributed by atoms with Crippen LogP contribution in [0.4, 0.5) is 0 Å². The van der Waals surface area contributed by atoms with E-state index in [4.69, 9.17) is 0 Å². The number of nitrogens with zero attached hydrogens (tertiary/aromatic N) is 2. The molecule has 17 heavy (non-hydrogen) atoms. The second-order valence-electron chi connectivity index (χ2n) is 4.72. The fraction of sp³-hybridized carbons (Fsp3) is 0.231. The molecule has 0 fully saturated rings. The summed E-state index contributed by atoms with van der Waals surface area (Å²) in [5, 5.41) is 0. The highest BCUT2D eigenvalue weighted by Gasteiger charge is 2.37. The predicted octanol–water partition coefficient (Wildman–Crippen LogP) is 4.31. The zero-order valence-corrected chi connectivity index (χ0v) is 12.6. The molecule has 4 heteroatoms. The number of hydrogen-bond donors (Lipinski definition) is 0. The molecule has 3 rings (SSSR count). The first-order chi connectivity index (χ1) is 8.00. The summed E-state index contributed by atoms with van der Waals surface area (Å²) < 4.78 is 2.02. The lowest BCUT2D eigenvalue weighted by molar-refractivity contribution is 0.657. The average molecular weight is 354 g/mol. The Kier molecular flexibility index (Phi) is 2.42. The van der Waals surface area contributed by atoms with Crippen LogP contribution in [-0.2, 0) is 5.41 Å². The third kappa shape index (κ3) is 1.58. The number of rotatable bonds is 0. The van der Waals surface area contributed by atoms with E-state index in [0.717, 1.165) is 20.3 Å². The zero-order chi connectivity index (χ0) is 12.2. The smallest absolute Gasteiger partial charge is 0.0930 e. The summed E-state index contributed by atoms with van der Waals surface area (Å²) >= 11 is 6.97. The molecule has 0 aromatic carbocycles. The lowest BCUT2D eigenvalue weighted by atomic mass is 9.83. The van der Waals surface area contributed by atoms with Gasteiger partial charge in [-0.3, -0.25) is 9.97 Å². The van der Waals surface area contributed by atoms with Gasteiger partial charge in [-0.1, -0.05) is 13.8 Å². The van der Waals surface area contributed by atoms with Crippen LogP contribution in [0.3, 0.4) is 0 Å². The molecule has 0 saturated carbocycles. The highest BCUT2D eigenvalue weighted by molar-refractivity contribution is 9.10. The minimum Gasteiger partial charge on any atom is -0.253 e. The van der Waals surface area contributed by atoms with Crippen molar-refractivity contribution in [3.8, 4) is 11.4 Å². The van der Waals surface area contributed by atoms with E-state index in [1.807, 2.05) is 12.4 Å². The van der Waals surface area contributed by atoms with Gasteiger partial charge in [-0.25, -0.2) is 0 Å². The molecule has 0 unspecified atom stereocenters. The van der Waals surface area contributed by atoms with E-state index in [1.165, 1.54) is 11.1 Å². The van der Waals surface area contributed by atoms with E-state index in [1.54, 1.807) is 0 Å². The van der Waals surface area contributed by atoms with Gasteiger partial charge in [0.2, 0.25) is 0 Å². The minimum absolute atomic E-state index is 0.0434. The first kappa shape index (κ1) is 11.4. The van der Waals surface area contributed by atoms with Crippen LogP contribution >= 0.6 is 31.9 Å². The summed E-state index contributed by atoms with van der Waals surface area (Å²) in [6.07, 6.45) is 3.65. The maximum atomic E-state index is 4.50. The van der Waals surface area contributed by atoms with Crippen molar-refractivity contribution in [1.29, 1.82) is 0 Å². The van der Waals surface area contributed by atoms with E-state index in [0.29, 0.717) is 0 Å². The minimum atomic E-state index is -0.0434. The Morgan fingerprint density at radius 2 is 1.29 bits per heavy atom. The molecule has 0 amide bonds. The van der Waals surface area contributed by atoms with Crippen LogP contribution in [0.25, 0.3) is 11.4 Å². The van der Waals surface area contributed by atoms with Gasteiger partial charge >= 0.3 is 0 Å². The van der Waals surface area contributed by atoms with Crippen LogP contribution in [0.15, 0.2) is 33.5 Å². The second kappa shape index (κ2) is 3.62. The Morgan fingerprint density at radius 1 is 0.882 bits per heavy atom. The van der Waals surface area contributed by atoms with E-state index < -0.39 is 0 Å². The van der Waals surface area contributed by atoms with Crippen molar-refractivity contribution < 1.29 is 0 Å². The van der Waals surface area contributed by atoms with E-state index in [2.05, 4.69) is 67.8 Å². The van der Waals surface area contributed by atoms with Gasteiger partial charge in [0.1, 0.15) is 0 Å². The standard InChI is InChI=1S/C13H10Br2N2/c1-13(2)9-3-7(14)5-16-11(9)12-10(13)4-8(15)6-17-12/h3-6H,1-2H3. The maximum Gasteiger partial charge on any atom is 0.0930 e. The normalized spacial score (nSPS) is 15.5. The van der Waals surface area contributed by atoms with Gasteiger partial charge < -0.3 is 0 Å². The molecule has 0 atom stereocenters. The number of halogens is 2. The van der Waals surface area contributed by atoms with Gasteiger partial charge in [0.05, 0.1) is 11.4 Å². The van der Waals surface area contributed by atoms with Crippen LogP contribution in [0, 0.1) is 0 Å². The molecular weight excluding hydrogens is 344 g/mol. The average Bonchev–Trinajstić information content (AvgIpc) is 2.49. The van der Waals surface area contributed by atoms with Crippen LogP contribution in [0.5, 0.6) is 0 Å². The van der Waals surface area contributed by atoms with Crippen LogP contribution < -0.4 is 0 Å². The van der Waals surface area contributed by atoms with E-state index in [9.17, 15) is 0 Å². The number of pyridine rings is 2. The van der Waals surface area contributed by atoms with E-state index in [-0.39, 0.29) is 5.41 Å². The van der Waals surface area contributed by atoms with Crippen molar-refractivity contribution in [3.63, 3.8) is 0 Å². The van der Waals surface area contributed by atoms with Crippen molar-refractivity contribution in [1.82, 2.24) is 9.97 Å². The summed E-state index contributed by atoms with van der Waals surface area (Å²) in [6.45, 7) is 4.42. The molecule has 1 aliphatic carbocycles. The molecule has 0 spiro atoms. The number of hydrogen-bond acceptors (Lipinski definition) is 2. The first-order valence-corrected chi connectivity index (χ1v) is 6.91. The van der Waals surface area contributed by atoms with Crippen LogP contribution in [-0.4, -0.2) is 9.97 Å². The molecule has 2 heterocycles. The Bertz CT molecular complexity index is 567. The van der Waals surface area contributed by atoms with Crippen molar-refractivity contribution in [2.24, 2.45) is 0 Å². The molecule has 2 nitrogen and oxygen atoms in total. The topological polar surface area (TPSA) is 25.8 Å². The van der Waals surface area contributed by atoms with Crippen molar-refractivity contribution >= 4 is 31.9 Å². The fourth-order valence-electron chi connectivity index (χ4n) is 2.35. The van der Waals surface area contributed by atoms with Crippen molar-refractivity contribution in [2.75, 3.05) is 0 Å². The Hall–Kier alpha value is -0.740. The van der Waals surface area contributed by atoms with Crippen LogP contribution in [0.1, 0.15) is 25.0 Å². The summed E-state index contributed by atoms with van der Waals surface area (Å²) in [7, 11) is 0. The van der Waals surface area contributed by atoms with Gasteiger partial charge in [-0.05, 0) is 55.1 Å². The molecule has 0 bridgehead atoms. The first-order valence-electron chi connectivity index (χ1n) is 5.32. The Morgan fingerprint density at radius 3 is 1.71 bits per heavy atom. The number of aromatic nitrogens is 2. The molecule has 0 aliphatic heterocycles. The molecule has 0 N–H and O–H groups in total. The maximum absolute atomic E-state index is 4.50. The Labute approximate surface area is 117 Å². The third-order valence-electron chi connectivity index (χ3n) is 3.28. The van der Waals surface area contributed by atoms with Gasteiger partial charge in [-0.2, -0.15) is 0 Å². The number of fused-ring (bicyclic) bond motifs is 3. The molecule has 0 radical (unpaired) electrons. The summed E-state index contributed by atoms with van der Waals surface area (Å²) in [4.78, 5) is 9.00. The monoisotopic (exact) mass is 352 g/mol. The predicted molar refractivity (Wildman–Crippen MR) is 75.0 cm³/mol. The van der Waals surface area contributed by atoms with Crippen LogP contribution in [0.2, 0.25) is 0 Å². The molecule has 2 aromatic heterocycles. The summed E-state index contributed by atoms with van der Waals surface area (Å²) in [5.41, 5.74) is 4.42. The molecule has 86 valence electrons. The SMILES string of the molecule is CC1(C)c2cc(Br)cnc2-c2ncc(Br)cc21. The van der Waals surface area contributed by atoms with E-state index >= 15 is 0 Å². The second-order valence-corrected chi connectivity index (χ2v) is 6.56. The van der Waals surface area contributed by atoms with Gasteiger partial charge in [0, 0.05) is 26.8 Å². The lowest BCUT2D eigenvalue weighted by Gasteiger charge is -2.20. The largest absolute Gasteiger partial charge is 0.253 e. The van der Waals surface area contributed by atoms with Gasteiger partial charge in [0.15, 0.2) is 0 Å². The van der Waals surface area contributed by atoms with Crippen molar-refractivity contribution in [2.45, 2.75) is 19.3 Å². The summed E-state index contributed by atoms with van der Waals surface area (Å²) in [5.74, 6) is 0. The highest BCUT2D eigenvalue weighted by Crippen LogP contribution is 2.47. The summed E-state index contributed by atoms with van der Waals surface area (Å²) in [6, 6.07) is 4.27. The molecule has 2 aromatic rings. The lowest BCUT2D eigenvalue weighted by Crippen LogP contribution is -2.15. The van der Waals surface area contributed by atoms with Gasteiger partial charge in [-0.15, -0.1) is 0 Å². The molecule has 1 aliphatic rings. The van der Waals surface area contributed by atoms with Gasteiger partial charge in [0.25, 0.3) is 0 Å². The fourth-order valence-corrected chi connectivity index (χ4v) is 3.02. The quantitative estimate of drug-likeness (QED) is 0.705. The Balaban J connectivity index is 2.37. The van der Waals surface area contributed by atoms with Crippen molar-refractivity contribution in [3.05, 3.63) is 44.6 Å². The zero-order valence-electron chi connectivity index (χ0n) is 9.46.